The van der Waals surface area contributed by atoms with Crippen LogP contribution in [0.3, 0.4) is 0 Å². The second-order valence-electron chi connectivity index (χ2n) is 6.79. The van der Waals surface area contributed by atoms with E-state index in [9.17, 15) is 0 Å². The molecule has 8 nitrogen and oxygen atoms in total. The number of nitrogens with one attached hydrogen (secondary N) is 1. The van der Waals surface area contributed by atoms with Crippen molar-refractivity contribution in [1.82, 2.24) is 25.0 Å². The van der Waals surface area contributed by atoms with Gasteiger partial charge in [-0.3, -0.25) is 4.99 Å². The number of para-hydroxylation sites is 2. The van der Waals surface area contributed by atoms with E-state index in [1.54, 1.807) is 19.8 Å². The van der Waals surface area contributed by atoms with Crippen LogP contribution >= 0.6 is 0 Å². The number of methoxy groups -OCH3 is 1. The largest absolute Gasteiger partial charge is 0.495 e. The van der Waals surface area contributed by atoms with E-state index in [1.165, 1.54) is 5.69 Å². The first-order valence-electron chi connectivity index (χ1n) is 10.1. The van der Waals surface area contributed by atoms with Gasteiger partial charge in [0.25, 0.3) is 0 Å². The fourth-order valence-corrected chi connectivity index (χ4v) is 3.40. The lowest BCUT2D eigenvalue weighted by Gasteiger charge is -2.38. The van der Waals surface area contributed by atoms with Crippen molar-refractivity contribution in [3.8, 4) is 5.75 Å². The molecule has 0 aliphatic carbocycles. The van der Waals surface area contributed by atoms with Gasteiger partial charge in [0.05, 0.1) is 12.8 Å². The van der Waals surface area contributed by atoms with Gasteiger partial charge < -0.3 is 24.4 Å². The average molecular weight is 386 g/mol. The van der Waals surface area contributed by atoms with Gasteiger partial charge in [0, 0.05) is 45.8 Å². The maximum atomic E-state index is 5.51. The Balaban J connectivity index is 1.49. The van der Waals surface area contributed by atoms with Crippen molar-refractivity contribution in [2.24, 2.45) is 4.99 Å². The summed E-state index contributed by atoms with van der Waals surface area (Å²) < 4.78 is 7.52. The van der Waals surface area contributed by atoms with Gasteiger partial charge in [-0.25, -0.2) is 0 Å². The lowest BCUT2D eigenvalue weighted by Crippen LogP contribution is -2.52. The summed E-state index contributed by atoms with van der Waals surface area (Å²) in [6.07, 6.45) is 5.64. The highest BCUT2D eigenvalue weighted by atomic mass is 16.5. The third-order valence-electron chi connectivity index (χ3n) is 4.89. The topological polar surface area (TPSA) is 70.8 Å². The van der Waals surface area contributed by atoms with Crippen molar-refractivity contribution in [1.29, 1.82) is 0 Å². The van der Waals surface area contributed by atoms with Crippen LogP contribution in [-0.4, -0.2) is 72.0 Å². The molecule has 0 unspecified atom stereocenters. The van der Waals surface area contributed by atoms with Crippen LogP contribution in [-0.2, 0) is 6.54 Å². The summed E-state index contributed by atoms with van der Waals surface area (Å²) in [4.78, 5) is 9.58. The number of unbranched alkanes of at least 4 members (excludes halogenated alkanes) is 1. The Morgan fingerprint density at radius 1 is 1.11 bits per heavy atom. The van der Waals surface area contributed by atoms with E-state index in [1.807, 2.05) is 16.7 Å². The number of rotatable bonds is 8. The van der Waals surface area contributed by atoms with Gasteiger partial charge in [-0.1, -0.05) is 12.1 Å². The molecule has 1 aliphatic heterocycles. The highest BCUT2D eigenvalue weighted by Crippen LogP contribution is 2.28. The molecule has 0 amide bonds. The number of aliphatic imine (C=N–C) groups is 1. The fourth-order valence-electron chi connectivity index (χ4n) is 3.40. The molecule has 2 aromatic rings. The van der Waals surface area contributed by atoms with E-state index < -0.39 is 0 Å². The van der Waals surface area contributed by atoms with Crippen molar-refractivity contribution >= 4 is 11.6 Å². The molecule has 0 spiro atoms. The van der Waals surface area contributed by atoms with Gasteiger partial charge in [-0.05, 0) is 31.9 Å². The molecule has 1 saturated heterocycles. The number of benzene rings is 1. The van der Waals surface area contributed by atoms with Crippen LogP contribution in [0.5, 0.6) is 5.75 Å². The lowest BCUT2D eigenvalue weighted by molar-refractivity contribution is 0.367. The Morgan fingerprint density at radius 3 is 2.57 bits per heavy atom. The highest BCUT2D eigenvalue weighted by molar-refractivity contribution is 5.80. The zero-order valence-electron chi connectivity index (χ0n) is 16.9. The number of hydrogen-bond donors (Lipinski definition) is 1. The van der Waals surface area contributed by atoms with Crippen LogP contribution < -0.4 is 15.0 Å². The molecule has 152 valence electrons. The quantitative estimate of drug-likeness (QED) is 0.425. The number of anilines is 1. The van der Waals surface area contributed by atoms with E-state index in [4.69, 9.17) is 9.73 Å². The summed E-state index contributed by atoms with van der Waals surface area (Å²) in [5, 5.41) is 11.1. The van der Waals surface area contributed by atoms with E-state index >= 15 is 0 Å². The number of piperazine rings is 1. The Morgan fingerprint density at radius 2 is 1.86 bits per heavy atom. The number of nitrogens with zero attached hydrogens (tertiary/aromatic N) is 6. The van der Waals surface area contributed by atoms with Gasteiger partial charge in [0.15, 0.2) is 5.96 Å². The molecule has 1 aliphatic rings. The van der Waals surface area contributed by atoms with Gasteiger partial charge in [-0.2, -0.15) is 0 Å². The molecule has 3 rings (SSSR count). The lowest BCUT2D eigenvalue weighted by atomic mass is 10.2. The van der Waals surface area contributed by atoms with Gasteiger partial charge in [0.2, 0.25) is 0 Å². The molecule has 1 aromatic carbocycles. The van der Waals surface area contributed by atoms with Crippen molar-refractivity contribution in [3.05, 3.63) is 36.9 Å². The van der Waals surface area contributed by atoms with Gasteiger partial charge >= 0.3 is 0 Å². The maximum absolute atomic E-state index is 5.51. The van der Waals surface area contributed by atoms with Crippen molar-refractivity contribution in [2.45, 2.75) is 26.3 Å². The first kappa shape index (κ1) is 20.0. The van der Waals surface area contributed by atoms with Crippen LogP contribution in [0.15, 0.2) is 41.9 Å². The molecular weight excluding hydrogens is 354 g/mol. The van der Waals surface area contributed by atoms with Crippen molar-refractivity contribution in [2.75, 3.05) is 51.3 Å². The smallest absolute Gasteiger partial charge is 0.194 e. The minimum Gasteiger partial charge on any atom is -0.495 e. The molecule has 0 atom stereocenters. The average Bonchev–Trinajstić information content (AvgIpc) is 3.26. The van der Waals surface area contributed by atoms with Gasteiger partial charge in [0.1, 0.15) is 18.4 Å². The summed E-state index contributed by atoms with van der Waals surface area (Å²) in [6, 6.07) is 8.23. The van der Waals surface area contributed by atoms with E-state index in [0.29, 0.717) is 0 Å². The minimum absolute atomic E-state index is 0.831. The predicted molar refractivity (Wildman–Crippen MR) is 112 cm³/mol. The second kappa shape index (κ2) is 10.5. The third-order valence-corrected chi connectivity index (χ3v) is 4.89. The highest BCUT2D eigenvalue weighted by Gasteiger charge is 2.21. The van der Waals surface area contributed by atoms with Crippen LogP contribution in [0.1, 0.15) is 19.8 Å². The molecular formula is C20H31N7O. The Kier molecular flexibility index (Phi) is 7.52. The van der Waals surface area contributed by atoms with Crippen LogP contribution in [0, 0.1) is 0 Å². The number of hydrogen-bond acceptors (Lipinski definition) is 5. The Labute approximate surface area is 167 Å². The van der Waals surface area contributed by atoms with E-state index in [0.717, 1.165) is 70.4 Å². The Bertz CT molecular complexity index is 724. The molecule has 0 bridgehead atoms. The minimum atomic E-state index is 0.831. The normalized spacial score (nSPS) is 15.0. The molecule has 1 aromatic heterocycles. The first-order valence-corrected chi connectivity index (χ1v) is 10.1. The molecule has 1 N–H and O–H groups in total. The number of aryl methyl sites for hydroxylation is 1. The summed E-state index contributed by atoms with van der Waals surface area (Å²) in [5.41, 5.74) is 1.17. The van der Waals surface area contributed by atoms with Crippen molar-refractivity contribution in [3.63, 3.8) is 0 Å². The zero-order valence-corrected chi connectivity index (χ0v) is 16.9. The number of guanidine groups is 1. The summed E-state index contributed by atoms with van der Waals surface area (Å²) in [6.45, 7) is 8.58. The van der Waals surface area contributed by atoms with Crippen molar-refractivity contribution < 1.29 is 4.74 Å². The fraction of sp³-hybridized carbons (Fsp3) is 0.550. The molecule has 0 saturated carbocycles. The van der Waals surface area contributed by atoms with Crippen LogP contribution in [0.25, 0.3) is 0 Å². The summed E-state index contributed by atoms with van der Waals surface area (Å²) in [7, 11) is 1.73. The Hall–Kier alpha value is -2.77. The molecule has 8 heteroatoms. The van der Waals surface area contributed by atoms with E-state index in [2.05, 4.69) is 44.4 Å². The third kappa shape index (κ3) is 5.37. The molecule has 1 fully saturated rings. The second-order valence-corrected chi connectivity index (χ2v) is 6.79. The molecule has 2 heterocycles. The molecule has 28 heavy (non-hydrogen) atoms. The van der Waals surface area contributed by atoms with Crippen LogP contribution in [0.2, 0.25) is 0 Å². The summed E-state index contributed by atoms with van der Waals surface area (Å²) >= 11 is 0. The molecule has 0 radical (unpaired) electrons. The number of ether oxygens (including phenoxy) is 1. The van der Waals surface area contributed by atoms with Crippen LogP contribution in [0.4, 0.5) is 5.69 Å². The maximum Gasteiger partial charge on any atom is 0.194 e. The SMILES string of the molecule is CCNC(=NCCCCn1cnnc1)N1CCN(c2ccccc2OC)CC1. The van der Waals surface area contributed by atoms with E-state index in [-0.39, 0.29) is 0 Å². The standard InChI is InChI=1S/C20H31N7O/c1-3-21-20(22-10-6-7-11-25-16-23-24-17-25)27-14-12-26(13-15-27)18-8-4-5-9-19(18)28-2/h4-5,8-9,16-17H,3,6-7,10-15H2,1-2H3,(H,21,22). The zero-order chi connectivity index (χ0) is 19.6. The monoisotopic (exact) mass is 385 g/mol. The summed E-state index contributed by atoms with van der Waals surface area (Å²) in [5.74, 6) is 1.95. The predicted octanol–water partition coefficient (Wildman–Crippen LogP) is 1.85. The number of aromatic nitrogens is 3. The van der Waals surface area contributed by atoms with Gasteiger partial charge in [-0.15, -0.1) is 10.2 Å². The first-order chi connectivity index (χ1) is 13.8.